The van der Waals surface area contributed by atoms with Gasteiger partial charge in [-0.25, -0.2) is 4.79 Å². The maximum atomic E-state index is 11.2. The Morgan fingerprint density at radius 2 is 1.94 bits per heavy atom. The first-order valence-corrected chi connectivity index (χ1v) is 5.81. The summed E-state index contributed by atoms with van der Waals surface area (Å²) < 4.78 is 0. The Labute approximate surface area is 110 Å². The molecule has 0 atom stereocenters. The summed E-state index contributed by atoms with van der Waals surface area (Å²) in [4.78, 5) is 12.7. The maximum absolute atomic E-state index is 11.2. The SMILES string of the molecule is C=C/C(=C\C=C\NC(=O)N(C)C)NC(=C)C(C)C. The molecule has 0 unspecified atom stereocenters. The van der Waals surface area contributed by atoms with E-state index in [0.29, 0.717) is 5.92 Å². The van der Waals surface area contributed by atoms with Gasteiger partial charge in [-0.15, -0.1) is 0 Å². The van der Waals surface area contributed by atoms with E-state index in [1.165, 1.54) is 4.90 Å². The van der Waals surface area contributed by atoms with Crippen LogP contribution < -0.4 is 10.6 Å². The molecule has 0 aliphatic heterocycles. The molecule has 2 N–H and O–H groups in total. The molecule has 0 saturated carbocycles. The van der Waals surface area contributed by atoms with Gasteiger partial charge in [0.1, 0.15) is 0 Å². The predicted octanol–water partition coefficient (Wildman–Crippen LogP) is 2.60. The number of hydrogen-bond donors (Lipinski definition) is 2. The van der Waals surface area contributed by atoms with E-state index in [2.05, 4.69) is 37.6 Å². The lowest BCUT2D eigenvalue weighted by molar-refractivity contribution is 0.221. The van der Waals surface area contributed by atoms with E-state index >= 15 is 0 Å². The third-order valence-electron chi connectivity index (χ3n) is 2.21. The second-order valence-electron chi connectivity index (χ2n) is 4.33. The van der Waals surface area contributed by atoms with Gasteiger partial charge in [0.15, 0.2) is 0 Å². The minimum atomic E-state index is -0.167. The molecule has 2 amide bonds. The zero-order valence-corrected chi connectivity index (χ0v) is 11.7. The highest BCUT2D eigenvalue weighted by atomic mass is 16.2. The second kappa shape index (κ2) is 8.17. The zero-order chi connectivity index (χ0) is 14.1. The number of allylic oxidation sites excluding steroid dienone is 4. The molecule has 0 saturated heterocycles. The Hall–Kier alpha value is -1.97. The minimum absolute atomic E-state index is 0.167. The number of hydrogen-bond acceptors (Lipinski definition) is 2. The van der Waals surface area contributed by atoms with E-state index in [0.717, 1.165) is 11.4 Å². The van der Waals surface area contributed by atoms with Crippen molar-refractivity contribution in [2.45, 2.75) is 13.8 Å². The highest BCUT2D eigenvalue weighted by molar-refractivity contribution is 5.74. The van der Waals surface area contributed by atoms with E-state index < -0.39 is 0 Å². The lowest BCUT2D eigenvalue weighted by Gasteiger charge is -2.12. The van der Waals surface area contributed by atoms with Gasteiger partial charge in [0.25, 0.3) is 0 Å². The molecule has 100 valence electrons. The largest absolute Gasteiger partial charge is 0.359 e. The summed E-state index contributed by atoms with van der Waals surface area (Å²) in [5.74, 6) is 0.353. The monoisotopic (exact) mass is 249 g/mol. The average Bonchev–Trinajstić information content (AvgIpc) is 2.31. The molecule has 0 aromatic rings. The topological polar surface area (TPSA) is 44.4 Å². The molecule has 0 heterocycles. The molecule has 0 aliphatic rings. The number of nitrogens with zero attached hydrogens (tertiary/aromatic N) is 1. The fourth-order valence-electron chi connectivity index (χ4n) is 0.891. The van der Waals surface area contributed by atoms with Gasteiger partial charge in [-0.05, 0) is 24.1 Å². The summed E-state index contributed by atoms with van der Waals surface area (Å²) in [5, 5.41) is 5.77. The fraction of sp³-hybridized carbons (Fsp3) is 0.357. The second-order valence-corrected chi connectivity index (χ2v) is 4.33. The van der Waals surface area contributed by atoms with Crippen LogP contribution in [-0.2, 0) is 0 Å². The molecule has 0 aromatic heterocycles. The Morgan fingerprint density at radius 3 is 2.39 bits per heavy atom. The number of carbonyl (C=O) groups is 1. The minimum Gasteiger partial charge on any atom is -0.359 e. The molecular formula is C14H23N3O. The molecular weight excluding hydrogens is 226 g/mol. The van der Waals surface area contributed by atoms with Gasteiger partial charge in [0.2, 0.25) is 0 Å². The highest BCUT2D eigenvalue weighted by Crippen LogP contribution is 2.05. The van der Waals surface area contributed by atoms with Crippen molar-refractivity contribution in [1.29, 1.82) is 0 Å². The van der Waals surface area contributed by atoms with Crippen LogP contribution >= 0.6 is 0 Å². The van der Waals surface area contributed by atoms with E-state index in [1.54, 1.807) is 32.4 Å². The van der Waals surface area contributed by atoms with Gasteiger partial charge >= 0.3 is 6.03 Å². The molecule has 0 fully saturated rings. The number of nitrogens with one attached hydrogen (secondary N) is 2. The normalized spacial score (nSPS) is 11.5. The van der Waals surface area contributed by atoms with Gasteiger partial charge in [0, 0.05) is 31.7 Å². The van der Waals surface area contributed by atoms with Crippen molar-refractivity contribution in [2.75, 3.05) is 14.1 Å². The van der Waals surface area contributed by atoms with Crippen LogP contribution in [0.1, 0.15) is 13.8 Å². The number of rotatable bonds is 6. The Bertz CT molecular complexity index is 365. The number of amides is 2. The molecule has 0 radical (unpaired) electrons. The Morgan fingerprint density at radius 1 is 1.33 bits per heavy atom. The Kier molecular flexibility index (Phi) is 7.28. The first kappa shape index (κ1) is 16.0. The van der Waals surface area contributed by atoms with Crippen LogP contribution in [0.5, 0.6) is 0 Å². The lowest BCUT2D eigenvalue weighted by atomic mass is 10.1. The van der Waals surface area contributed by atoms with Gasteiger partial charge < -0.3 is 15.5 Å². The lowest BCUT2D eigenvalue weighted by Crippen LogP contribution is -2.30. The molecule has 0 bridgehead atoms. The molecule has 0 aliphatic carbocycles. The molecule has 18 heavy (non-hydrogen) atoms. The third kappa shape index (κ3) is 6.58. The van der Waals surface area contributed by atoms with E-state index in [9.17, 15) is 4.79 Å². The maximum Gasteiger partial charge on any atom is 0.320 e. The van der Waals surface area contributed by atoms with Crippen molar-refractivity contribution in [1.82, 2.24) is 15.5 Å². The van der Waals surface area contributed by atoms with Crippen LogP contribution in [0.25, 0.3) is 0 Å². The fourth-order valence-corrected chi connectivity index (χ4v) is 0.891. The first-order chi connectivity index (χ1) is 8.38. The van der Waals surface area contributed by atoms with Crippen LogP contribution in [0.15, 0.2) is 49.0 Å². The standard InChI is InChI=1S/C14H23N3O/c1-7-13(16-12(4)11(2)3)9-8-10-15-14(18)17(5)6/h7-11,16H,1,4H2,2-3,5-6H3,(H,15,18)/b10-8+,13-9+. The number of urea groups is 1. The van der Waals surface area contributed by atoms with Gasteiger partial charge in [-0.2, -0.15) is 0 Å². The summed E-state index contributed by atoms with van der Waals surface area (Å²) >= 11 is 0. The van der Waals surface area contributed by atoms with Crippen molar-refractivity contribution >= 4 is 6.03 Å². The predicted molar refractivity (Wildman–Crippen MR) is 76.8 cm³/mol. The van der Waals surface area contributed by atoms with Crippen LogP contribution in [0, 0.1) is 5.92 Å². The first-order valence-electron chi connectivity index (χ1n) is 5.81. The zero-order valence-electron chi connectivity index (χ0n) is 11.7. The van der Waals surface area contributed by atoms with E-state index in [1.807, 2.05) is 6.08 Å². The summed E-state index contributed by atoms with van der Waals surface area (Å²) in [6.45, 7) is 11.8. The van der Waals surface area contributed by atoms with Gasteiger partial charge in [0.05, 0.1) is 0 Å². The van der Waals surface area contributed by atoms with Gasteiger partial charge in [-0.3, -0.25) is 0 Å². The molecule has 0 spiro atoms. The number of carbonyl (C=O) groups excluding carboxylic acids is 1. The average molecular weight is 249 g/mol. The van der Waals surface area contributed by atoms with Crippen molar-refractivity contribution in [3.8, 4) is 0 Å². The van der Waals surface area contributed by atoms with Crippen molar-refractivity contribution in [2.24, 2.45) is 5.92 Å². The van der Waals surface area contributed by atoms with Crippen LogP contribution in [-0.4, -0.2) is 25.0 Å². The van der Waals surface area contributed by atoms with E-state index in [-0.39, 0.29) is 6.03 Å². The molecule has 4 nitrogen and oxygen atoms in total. The van der Waals surface area contributed by atoms with Crippen molar-refractivity contribution in [3.63, 3.8) is 0 Å². The summed E-state index contributed by atoms with van der Waals surface area (Å²) in [6.07, 6.45) is 6.83. The highest BCUT2D eigenvalue weighted by Gasteiger charge is 2.00. The van der Waals surface area contributed by atoms with Crippen molar-refractivity contribution in [3.05, 3.63) is 49.0 Å². The summed E-state index contributed by atoms with van der Waals surface area (Å²) in [6, 6.07) is -0.167. The third-order valence-corrected chi connectivity index (χ3v) is 2.21. The van der Waals surface area contributed by atoms with Crippen molar-refractivity contribution < 1.29 is 4.79 Å². The van der Waals surface area contributed by atoms with Gasteiger partial charge in [-0.1, -0.05) is 27.0 Å². The quantitative estimate of drug-likeness (QED) is 0.711. The van der Waals surface area contributed by atoms with Crippen LogP contribution in [0.2, 0.25) is 0 Å². The smallest absolute Gasteiger partial charge is 0.320 e. The van der Waals surface area contributed by atoms with Crippen LogP contribution in [0.3, 0.4) is 0 Å². The Balaban J connectivity index is 4.37. The summed E-state index contributed by atoms with van der Waals surface area (Å²) in [7, 11) is 3.37. The van der Waals surface area contributed by atoms with E-state index in [4.69, 9.17) is 0 Å². The summed E-state index contributed by atoms with van der Waals surface area (Å²) in [5.41, 5.74) is 1.76. The molecule has 0 rings (SSSR count). The molecule has 0 aromatic carbocycles. The molecule has 4 heteroatoms. The van der Waals surface area contributed by atoms with Crippen LogP contribution in [0.4, 0.5) is 4.79 Å².